The highest BCUT2D eigenvalue weighted by atomic mass is 79.9. The summed E-state index contributed by atoms with van der Waals surface area (Å²) in [4.78, 5) is 21.5. The SMILES string of the molecule is Nc1cc(Br)cc2[nH]c(-c3cccc(=O)[nH]3)nc12. The number of anilines is 1. The summed E-state index contributed by atoms with van der Waals surface area (Å²) in [5.74, 6) is 0.590. The molecular formula is C12H9BrN4O. The van der Waals surface area contributed by atoms with Crippen LogP contribution in [-0.4, -0.2) is 15.0 Å². The molecule has 90 valence electrons. The predicted molar refractivity (Wildman–Crippen MR) is 74.3 cm³/mol. The van der Waals surface area contributed by atoms with Gasteiger partial charge < -0.3 is 15.7 Å². The van der Waals surface area contributed by atoms with E-state index < -0.39 is 0 Å². The Hall–Kier alpha value is -2.08. The predicted octanol–water partition coefficient (Wildman–Crippen LogP) is 2.26. The van der Waals surface area contributed by atoms with E-state index >= 15 is 0 Å². The molecule has 18 heavy (non-hydrogen) atoms. The van der Waals surface area contributed by atoms with Gasteiger partial charge in [-0.15, -0.1) is 0 Å². The Morgan fingerprint density at radius 1 is 1.22 bits per heavy atom. The van der Waals surface area contributed by atoms with Gasteiger partial charge in [0, 0.05) is 10.5 Å². The molecule has 3 aromatic rings. The Labute approximate surface area is 110 Å². The van der Waals surface area contributed by atoms with Crippen LogP contribution >= 0.6 is 15.9 Å². The van der Waals surface area contributed by atoms with Crippen molar-refractivity contribution in [1.29, 1.82) is 0 Å². The number of H-pyrrole nitrogens is 2. The number of nitrogens with two attached hydrogens (primary N) is 1. The van der Waals surface area contributed by atoms with E-state index in [1.54, 1.807) is 18.2 Å². The minimum Gasteiger partial charge on any atom is -0.397 e. The van der Waals surface area contributed by atoms with Gasteiger partial charge >= 0.3 is 0 Å². The van der Waals surface area contributed by atoms with Crippen LogP contribution in [0.15, 0.2) is 39.6 Å². The van der Waals surface area contributed by atoms with E-state index in [2.05, 4.69) is 30.9 Å². The maximum Gasteiger partial charge on any atom is 0.248 e. The number of rotatable bonds is 1. The number of halogens is 1. The van der Waals surface area contributed by atoms with Crippen LogP contribution in [0.3, 0.4) is 0 Å². The van der Waals surface area contributed by atoms with Gasteiger partial charge in [-0.3, -0.25) is 4.79 Å². The standard InChI is InChI=1S/C12H9BrN4O/c13-6-4-7(14)11-9(5-6)16-12(17-11)8-2-1-3-10(18)15-8/h1-5H,14H2,(H,15,18)(H,16,17). The lowest BCUT2D eigenvalue weighted by atomic mass is 10.3. The number of nitrogen functional groups attached to an aromatic ring is 1. The summed E-state index contributed by atoms with van der Waals surface area (Å²) in [6.45, 7) is 0. The molecule has 0 aliphatic carbocycles. The molecule has 0 saturated heterocycles. The van der Waals surface area contributed by atoms with Gasteiger partial charge in [0.15, 0.2) is 5.82 Å². The Morgan fingerprint density at radius 3 is 2.83 bits per heavy atom. The summed E-state index contributed by atoms with van der Waals surface area (Å²) < 4.78 is 0.879. The molecule has 2 heterocycles. The van der Waals surface area contributed by atoms with Gasteiger partial charge in [0.05, 0.1) is 16.9 Å². The number of pyridine rings is 1. The first-order valence-electron chi connectivity index (χ1n) is 5.28. The van der Waals surface area contributed by atoms with Gasteiger partial charge in [-0.05, 0) is 18.2 Å². The van der Waals surface area contributed by atoms with Crippen molar-refractivity contribution < 1.29 is 0 Å². The molecule has 0 atom stereocenters. The van der Waals surface area contributed by atoms with Crippen molar-refractivity contribution in [2.75, 3.05) is 5.73 Å². The van der Waals surface area contributed by atoms with Crippen LogP contribution in [-0.2, 0) is 0 Å². The van der Waals surface area contributed by atoms with Crippen molar-refractivity contribution in [3.05, 3.63) is 45.2 Å². The summed E-state index contributed by atoms with van der Waals surface area (Å²) in [5.41, 5.74) is 8.46. The van der Waals surface area contributed by atoms with E-state index in [0.717, 1.165) is 9.99 Å². The van der Waals surface area contributed by atoms with E-state index in [1.165, 1.54) is 6.07 Å². The number of imidazole rings is 1. The lowest BCUT2D eigenvalue weighted by Gasteiger charge is -1.94. The van der Waals surface area contributed by atoms with Crippen molar-refractivity contribution >= 4 is 32.7 Å². The molecule has 3 rings (SSSR count). The Balaban J connectivity index is 2.25. The number of aromatic nitrogens is 3. The average Bonchev–Trinajstić information content (AvgIpc) is 2.73. The highest BCUT2D eigenvalue weighted by Gasteiger charge is 2.09. The third kappa shape index (κ3) is 1.80. The zero-order valence-electron chi connectivity index (χ0n) is 9.20. The Morgan fingerprint density at radius 2 is 2.06 bits per heavy atom. The molecule has 6 heteroatoms. The number of hydrogen-bond acceptors (Lipinski definition) is 3. The van der Waals surface area contributed by atoms with E-state index in [0.29, 0.717) is 22.7 Å². The van der Waals surface area contributed by atoms with Crippen LogP contribution in [0.2, 0.25) is 0 Å². The fourth-order valence-corrected chi connectivity index (χ4v) is 2.30. The summed E-state index contributed by atoms with van der Waals surface area (Å²) in [6.07, 6.45) is 0. The average molecular weight is 305 g/mol. The highest BCUT2D eigenvalue weighted by molar-refractivity contribution is 9.10. The molecule has 0 bridgehead atoms. The molecule has 0 spiro atoms. The minimum atomic E-state index is -0.165. The lowest BCUT2D eigenvalue weighted by Crippen LogP contribution is -2.03. The van der Waals surface area contributed by atoms with E-state index in [9.17, 15) is 4.79 Å². The molecule has 0 saturated carbocycles. The molecule has 0 aliphatic heterocycles. The smallest absolute Gasteiger partial charge is 0.248 e. The largest absolute Gasteiger partial charge is 0.397 e. The molecular weight excluding hydrogens is 296 g/mol. The van der Waals surface area contributed by atoms with Crippen LogP contribution in [0.1, 0.15) is 0 Å². The monoisotopic (exact) mass is 304 g/mol. The number of benzene rings is 1. The van der Waals surface area contributed by atoms with Crippen molar-refractivity contribution in [3.63, 3.8) is 0 Å². The molecule has 0 amide bonds. The highest BCUT2D eigenvalue weighted by Crippen LogP contribution is 2.26. The van der Waals surface area contributed by atoms with Crippen molar-refractivity contribution in [1.82, 2.24) is 15.0 Å². The van der Waals surface area contributed by atoms with Crippen LogP contribution < -0.4 is 11.3 Å². The first-order valence-corrected chi connectivity index (χ1v) is 6.07. The summed E-state index contributed by atoms with van der Waals surface area (Å²) in [7, 11) is 0. The molecule has 2 aromatic heterocycles. The third-order valence-electron chi connectivity index (χ3n) is 2.60. The fraction of sp³-hybridized carbons (Fsp3) is 0. The number of aromatic amines is 2. The zero-order valence-corrected chi connectivity index (χ0v) is 10.8. The molecule has 0 fully saturated rings. The van der Waals surface area contributed by atoms with Crippen LogP contribution in [0.25, 0.3) is 22.6 Å². The van der Waals surface area contributed by atoms with Crippen LogP contribution in [0, 0.1) is 0 Å². The first kappa shape index (κ1) is 11.0. The summed E-state index contributed by atoms with van der Waals surface area (Å²) in [6, 6.07) is 8.60. The topological polar surface area (TPSA) is 87.6 Å². The van der Waals surface area contributed by atoms with Gasteiger partial charge in [0.1, 0.15) is 5.52 Å². The normalized spacial score (nSPS) is 10.9. The summed E-state index contributed by atoms with van der Waals surface area (Å²) in [5, 5.41) is 0. The second-order valence-electron chi connectivity index (χ2n) is 3.91. The van der Waals surface area contributed by atoms with Crippen LogP contribution in [0.4, 0.5) is 5.69 Å². The quantitative estimate of drug-likeness (QED) is 0.603. The van der Waals surface area contributed by atoms with Crippen molar-refractivity contribution in [2.45, 2.75) is 0 Å². The van der Waals surface area contributed by atoms with Crippen molar-refractivity contribution in [3.8, 4) is 11.5 Å². The maximum absolute atomic E-state index is 11.3. The second-order valence-corrected chi connectivity index (χ2v) is 4.82. The number of nitrogens with one attached hydrogen (secondary N) is 2. The second kappa shape index (κ2) is 3.99. The van der Waals surface area contributed by atoms with Gasteiger partial charge in [-0.1, -0.05) is 22.0 Å². The van der Waals surface area contributed by atoms with Gasteiger partial charge in [-0.2, -0.15) is 0 Å². The maximum atomic E-state index is 11.3. The van der Waals surface area contributed by atoms with E-state index in [4.69, 9.17) is 5.73 Å². The summed E-state index contributed by atoms with van der Waals surface area (Å²) >= 11 is 3.37. The van der Waals surface area contributed by atoms with Gasteiger partial charge in [0.2, 0.25) is 5.56 Å². The zero-order chi connectivity index (χ0) is 12.7. The van der Waals surface area contributed by atoms with Gasteiger partial charge in [0.25, 0.3) is 0 Å². The Kier molecular flexibility index (Phi) is 2.45. The molecule has 1 aromatic carbocycles. The van der Waals surface area contributed by atoms with E-state index in [1.807, 2.05) is 6.07 Å². The fourth-order valence-electron chi connectivity index (χ4n) is 1.82. The lowest BCUT2D eigenvalue weighted by molar-refractivity contribution is 1.19. The van der Waals surface area contributed by atoms with Crippen LogP contribution in [0.5, 0.6) is 0 Å². The Bertz CT molecular complexity index is 790. The molecule has 5 nitrogen and oxygen atoms in total. The number of hydrogen-bond donors (Lipinski definition) is 3. The third-order valence-corrected chi connectivity index (χ3v) is 3.06. The first-order chi connectivity index (χ1) is 8.63. The van der Waals surface area contributed by atoms with Crippen molar-refractivity contribution in [2.24, 2.45) is 0 Å². The molecule has 4 N–H and O–H groups in total. The minimum absolute atomic E-state index is 0.165. The molecule has 0 unspecified atom stereocenters. The van der Waals surface area contributed by atoms with Gasteiger partial charge in [-0.25, -0.2) is 4.98 Å². The van der Waals surface area contributed by atoms with E-state index in [-0.39, 0.29) is 5.56 Å². The number of fused-ring (bicyclic) bond motifs is 1. The molecule has 0 aliphatic rings. The number of nitrogens with zero attached hydrogens (tertiary/aromatic N) is 1. The molecule has 0 radical (unpaired) electrons.